The van der Waals surface area contributed by atoms with Gasteiger partial charge in [-0.15, -0.1) is 0 Å². The summed E-state index contributed by atoms with van der Waals surface area (Å²) in [5, 5.41) is 10.7. The van der Waals surface area contributed by atoms with E-state index in [1.807, 2.05) is 0 Å². The first kappa shape index (κ1) is 33.4. The van der Waals surface area contributed by atoms with Crippen LogP contribution in [0.4, 0.5) is 0 Å². The molecule has 0 saturated heterocycles. The lowest BCUT2D eigenvalue weighted by atomic mass is 9.66. The summed E-state index contributed by atoms with van der Waals surface area (Å²) in [7, 11) is -1.66. The van der Waals surface area contributed by atoms with E-state index < -0.39 is 14.2 Å². The summed E-state index contributed by atoms with van der Waals surface area (Å²) in [5.41, 5.74) is 15.8. The Morgan fingerprint density at radius 3 is 1.88 bits per heavy atom. The topological polar surface area (TPSA) is 45.7 Å². The SMILES string of the molecule is C[SiH]1c2ccccc2-c2c(C3N=C(c4ccccc4)NC(c4ccccc4)N3)ccc(-c3cccc4c3-c3ccccc3C43c4ccccc4Oc4ccccc43)c21. The monoisotopic (exact) mass is 761 g/mol. The molecule has 3 unspecified atom stereocenters. The molecule has 1 aliphatic carbocycles. The van der Waals surface area contributed by atoms with E-state index in [0.29, 0.717) is 0 Å². The third kappa shape index (κ3) is 4.69. The molecule has 58 heavy (non-hydrogen) atoms. The van der Waals surface area contributed by atoms with E-state index >= 15 is 0 Å². The molecule has 0 amide bonds. The maximum absolute atomic E-state index is 6.65. The maximum Gasteiger partial charge on any atom is 0.132 e. The molecule has 8 aromatic rings. The number of nitrogens with zero attached hydrogens (tertiary/aromatic N) is 1. The van der Waals surface area contributed by atoms with E-state index in [1.54, 1.807) is 0 Å². The number of nitrogens with one attached hydrogen (secondary N) is 2. The van der Waals surface area contributed by atoms with Crippen LogP contribution in [0.25, 0.3) is 33.4 Å². The van der Waals surface area contributed by atoms with Crippen molar-refractivity contribution in [3.63, 3.8) is 0 Å². The summed E-state index contributed by atoms with van der Waals surface area (Å²) in [6.45, 7) is 2.52. The van der Waals surface area contributed by atoms with Gasteiger partial charge in [0.1, 0.15) is 38.5 Å². The third-order valence-electron chi connectivity index (χ3n) is 12.9. The summed E-state index contributed by atoms with van der Waals surface area (Å²) in [4.78, 5) is 5.46. The summed E-state index contributed by atoms with van der Waals surface area (Å²) < 4.78 is 6.65. The van der Waals surface area contributed by atoms with E-state index in [9.17, 15) is 0 Å². The highest BCUT2D eigenvalue weighted by molar-refractivity contribution is 6.89. The number of ether oxygens (including phenoxy) is 1. The lowest BCUT2D eigenvalue weighted by Gasteiger charge is -2.39. The van der Waals surface area contributed by atoms with Gasteiger partial charge in [0.25, 0.3) is 0 Å². The number of hydrogen-bond acceptors (Lipinski definition) is 4. The molecule has 276 valence electrons. The maximum atomic E-state index is 6.65. The molecule has 1 spiro atoms. The minimum atomic E-state index is -1.66. The quantitative estimate of drug-likeness (QED) is 0.176. The van der Waals surface area contributed by atoms with Crippen LogP contribution in [0, 0.1) is 0 Å². The highest BCUT2D eigenvalue weighted by atomic mass is 28.3. The summed E-state index contributed by atoms with van der Waals surface area (Å²) in [6, 6.07) is 68.4. The Balaban J connectivity index is 1.10. The summed E-state index contributed by atoms with van der Waals surface area (Å²) in [6.07, 6.45) is -0.381. The molecule has 0 radical (unpaired) electrons. The van der Waals surface area contributed by atoms with Gasteiger partial charge in [0.15, 0.2) is 0 Å². The highest BCUT2D eigenvalue weighted by Gasteiger charge is 2.51. The Labute approximate surface area is 340 Å². The first-order valence-electron chi connectivity index (χ1n) is 20.3. The molecule has 0 saturated carbocycles. The van der Waals surface area contributed by atoms with Gasteiger partial charge in [0.2, 0.25) is 0 Å². The fourth-order valence-corrected chi connectivity index (χ4v) is 13.4. The van der Waals surface area contributed by atoms with E-state index in [0.717, 1.165) is 22.9 Å². The normalized spacial score (nSPS) is 18.7. The molecule has 4 nitrogen and oxygen atoms in total. The molecular weight excluding hydrogens is 723 g/mol. The third-order valence-corrected chi connectivity index (χ3v) is 15.8. The zero-order chi connectivity index (χ0) is 38.4. The molecule has 0 fully saturated rings. The Hall–Kier alpha value is -6.79. The van der Waals surface area contributed by atoms with E-state index in [2.05, 4.69) is 205 Å². The number of hydrogen-bond donors (Lipinski definition) is 2. The Bertz CT molecular complexity index is 2930. The second kappa shape index (κ2) is 12.9. The first-order chi connectivity index (χ1) is 28.7. The van der Waals surface area contributed by atoms with Crippen molar-refractivity contribution in [2.75, 3.05) is 0 Å². The van der Waals surface area contributed by atoms with Crippen molar-refractivity contribution in [2.24, 2.45) is 4.99 Å². The van der Waals surface area contributed by atoms with Crippen LogP contribution in [0.15, 0.2) is 193 Å². The largest absolute Gasteiger partial charge is 0.457 e. The summed E-state index contributed by atoms with van der Waals surface area (Å²) in [5.74, 6) is 2.72. The molecule has 12 rings (SSSR count). The van der Waals surface area contributed by atoms with Crippen LogP contribution >= 0.6 is 0 Å². The predicted octanol–water partition coefficient (Wildman–Crippen LogP) is 10.1. The zero-order valence-electron chi connectivity index (χ0n) is 32.0. The molecule has 8 aromatic carbocycles. The van der Waals surface area contributed by atoms with Gasteiger partial charge >= 0.3 is 0 Å². The van der Waals surface area contributed by atoms with Crippen molar-refractivity contribution in [2.45, 2.75) is 24.3 Å². The zero-order valence-corrected chi connectivity index (χ0v) is 33.1. The fraction of sp³-hybridized carbons (Fsp3) is 0.0755. The van der Waals surface area contributed by atoms with Crippen LogP contribution in [-0.4, -0.2) is 14.6 Å². The minimum absolute atomic E-state index is 0.115. The van der Waals surface area contributed by atoms with E-state index in [1.165, 1.54) is 77.1 Å². The van der Waals surface area contributed by atoms with Crippen LogP contribution in [0.2, 0.25) is 6.55 Å². The van der Waals surface area contributed by atoms with Crippen molar-refractivity contribution in [1.29, 1.82) is 0 Å². The lowest BCUT2D eigenvalue weighted by molar-refractivity contribution is 0.409. The number of amidine groups is 1. The predicted molar refractivity (Wildman–Crippen MR) is 238 cm³/mol. The first-order valence-corrected chi connectivity index (χ1v) is 22.6. The van der Waals surface area contributed by atoms with E-state index in [4.69, 9.17) is 9.73 Å². The van der Waals surface area contributed by atoms with Gasteiger partial charge in [-0.05, 0) is 73.0 Å². The Morgan fingerprint density at radius 1 is 0.517 bits per heavy atom. The van der Waals surface area contributed by atoms with Gasteiger partial charge in [-0.2, -0.15) is 0 Å². The van der Waals surface area contributed by atoms with Crippen molar-refractivity contribution < 1.29 is 4.74 Å². The molecule has 0 bridgehead atoms. The molecule has 4 aliphatic rings. The fourth-order valence-electron chi connectivity index (χ4n) is 10.5. The number of aliphatic imine (C=N–C) groups is 1. The molecule has 0 aromatic heterocycles. The number of rotatable bonds is 4. The van der Waals surface area contributed by atoms with Gasteiger partial charge in [-0.25, -0.2) is 4.99 Å². The molecule has 3 atom stereocenters. The van der Waals surface area contributed by atoms with Gasteiger partial charge in [-0.1, -0.05) is 188 Å². The Kier molecular flexibility index (Phi) is 7.40. The van der Waals surface area contributed by atoms with Crippen molar-refractivity contribution in [3.05, 3.63) is 227 Å². The smallest absolute Gasteiger partial charge is 0.132 e. The van der Waals surface area contributed by atoms with Crippen molar-refractivity contribution in [1.82, 2.24) is 10.6 Å². The molecule has 2 N–H and O–H groups in total. The van der Waals surface area contributed by atoms with E-state index in [-0.39, 0.29) is 12.3 Å². The highest BCUT2D eigenvalue weighted by Crippen LogP contribution is 2.63. The van der Waals surface area contributed by atoms with Crippen LogP contribution in [0.5, 0.6) is 11.5 Å². The van der Waals surface area contributed by atoms with Gasteiger partial charge in [0, 0.05) is 16.7 Å². The van der Waals surface area contributed by atoms with Gasteiger partial charge in [0.05, 0.1) is 5.41 Å². The second-order valence-electron chi connectivity index (χ2n) is 15.8. The Morgan fingerprint density at radius 2 is 1.12 bits per heavy atom. The molecular formula is C53H39N3OSi. The summed E-state index contributed by atoms with van der Waals surface area (Å²) >= 11 is 0. The van der Waals surface area contributed by atoms with Gasteiger partial charge < -0.3 is 10.1 Å². The van der Waals surface area contributed by atoms with Crippen molar-refractivity contribution >= 4 is 25.0 Å². The number of fused-ring (bicyclic) bond motifs is 12. The lowest BCUT2D eigenvalue weighted by Crippen LogP contribution is -2.45. The minimum Gasteiger partial charge on any atom is -0.457 e. The second-order valence-corrected chi connectivity index (χ2v) is 18.5. The number of benzene rings is 8. The molecule has 3 aliphatic heterocycles. The number of para-hydroxylation sites is 2. The van der Waals surface area contributed by atoms with Crippen LogP contribution in [-0.2, 0) is 5.41 Å². The van der Waals surface area contributed by atoms with Crippen LogP contribution in [0.1, 0.15) is 51.3 Å². The average Bonchev–Trinajstić information content (AvgIpc) is 3.76. The average molecular weight is 762 g/mol. The van der Waals surface area contributed by atoms with Crippen molar-refractivity contribution in [3.8, 4) is 44.9 Å². The molecule has 3 heterocycles. The molecule has 5 heteroatoms. The van der Waals surface area contributed by atoms with Crippen LogP contribution in [0.3, 0.4) is 0 Å². The van der Waals surface area contributed by atoms with Crippen LogP contribution < -0.4 is 25.7 Å². The van der Waals surface area contributed by atoms with Gasteiger partial charge in [-0.3, -0.25) is 5.32 Å². The standard InChI is InChI=1S/C53H39N3OSi/c1-58-46-30-15-9-22-38(46)48-39(52-55-50(33-17-4-2-5-18-33)54-51(56-52)34-19-6-3-7-20-34)32-31-36(49(48)58)35-23-16-27-43-47(35)37-21-8-10-24-40(37)53(43)41-25-11-13-28-44(41)57-45-29-14-12-26-42(45)53/h2-32,50,52,55,58H,1H3,(H,54,56).